The van der Waals surface area contributed by atoms with Crippen molar-refractivity contribution in [2.24, 2.45) is 0 Å². The summed E-state index contributed by atoms with van der Waals surface area (Å²) in [4.78, 5) is 4.30. The molecule has 3 aromatic rings. The van der Waals surface area contributed by atoms with Crippen LogP contribution < -0.4 is 5.32 Å². The molecule has 2 N–H and O–H groups in total. The predicted molar refractivity (Wildman–Crippen MR) is 81.5 cm³/mol. The topological polar surface area (TPSA) is 66.5 Å². The fourth-order valence-corrected chi connectivity index (χ4v) is 2.17. The van der Waals surface area contributed by atoms with Crippen LogP contribution in [0.3, 0.4) is 0 Å². The van der Waals surface area contributed by atoms with Gasteiger partial charge in [-0.25, -0.2) is 0 Å². The van der Waals surface area contributed by atoms with Gasteiger partial charge >= 0.3 is 0 Å². The smallest absolute Gasteiger partial charge is 0.117 e. The fourth-order valence-electron chi connectivity index (χ4n) is 2.17. The number of hydrogen-bond donors (Lipinski definition) is 2. The molecule has 0 atom stereocenters. The van der Waals surface area contributed by atoms with Gasteiger partial charge in [-0.2, -0.15) is 15.4 Å². The molecule has 21 heavy (non-hydrogen) atoms. The van der Waals surface area contributed by atoms with Crippen molar-refractivity contribution in [1.29, 1.82) is 0 Å². The molecule has 0 aliphatic rings. The Balaban J connectivity index is 1.56. The van der Waals surface area contributed by atoms with E-state index in [2.05, 4.69) is 25.7 Å². The maximum Gasteiger partial charge on any atom is 0.117 e. The summed E-state index contributed by atoms with van der Waals surface area (Å²) in [5.41, 5.74) is 4.00. The molecule has 0 amide bonds. The highest BCUT2D eigenvalue weighted by atomic mass is 15.3. The molecule has 0 spiro atoms. The monoisotopic (exact) mass is 279 g/mol. The highest BCUT2D eigenvalue weighted by Crippen LogP contribution is 2.18. The van der Waals surface area contributed by atoms with Crippen LogP contribution in [0.5, 0.6) is 0 Å². The van der Waals surface area contributed by atoms with E-state index in [1.54, 1.807) is 0 Å². The first kappa shape index (κ1) is 13.5. The number of hydrogen-bond acceptors (Lipinski definition) is 4. The Morgan fingerprint density at radius 3 is 2.62 bits per heavy atom. The molecule has 0 unspecified atom stereocenters. The van der Waals surface area contributed by atoms with E-state index in [0.717, 1.165) is 35.6 Å². The van der Waals surface area contributed by atoms with Crippen LogP contribution in [-0.2, 0) is 13.0 Å². The zero-order valence-electron chi connectivity index (χ0n) is 11.7. The van der Waals surface area contributed by atoms with Crippen molar-refractivity contribution in [2.45, 2.75) is 13.0 Å². The molecular weight excluding hydrogens is 262 g/mol. The molecule has 1 aromatic carbocycles. The number of rotatable bonds is 6. The van der Waals surface area contributed by atoms with Gasteiger partial charge in [0.2, 0.25) is 0 Å². The Bertz CT molecular complexity index is 663. The SMILES string of the molecule is c1ccc(-c2n[nH]nc2CNCCc2ccccn2)cc1. The van der Waals surface area contributed by atoms with Gasteiger partial charge in [-0.3, -0.25) is 4.98 Å². The Morgan fingerprint density at radius 1 is 0.952 bits per heavy atom. The van der Waals surface area contributed by atoms with Crippen LogP contribution in [0.15, 0.2) is 54.7 Å². The van der Waals surface area contributed by atoms with Crippen molar-refractivity contribution in [3.63, 3.8) is 0 Å². The molecule has 5 heteroatoms. The van der Waals surface area contributed by atoms with Crippen LogP contribution in [0, 0.1) is 0 Å². The van der Waals surface area contributed by atoms with Crippen LogP contribution in [0.1, 0.15) is 11.4 Å². The van der Waals surface area contributed by atoms with Crippen LogP contribution in [0.25, 0.3) is 11.3 Å². The van der Waals surface area contributed by atoms with Crippen LogP contribution >= 0.6 is 0 Å². The second kappa shape index (κ2) is 6.76. The lowest BCUT2D eigenvalue weighted by molar-refractivity contribution is 0.667. The summed E-state index contributed by atoms with van der Waals surface area (Å²) in [6.07, 6.45) is 2.72. The minimum atomic E-state index is 0.688. The van der Waals surface area contributed by atoms with Gasteiger partial charge in [-0.05, 0) is 12.1 Å². The normalized spacial score (nSPS) is 10.7. The Morgan fingerprint density at radius 2 is 1.81 bits per heavy atom. The molecule has 0 fully saturated rings. The average Bonchev–Trinajstić information content (AvgIpc) is 3.02. The number of pyridine rings is 1. The number of aromatic nitrogens is 4. The first-order valence-electron chi connectivity index (χ1n) is 6.99. The van der Waals surface area contributed by atoms with E-state index in [1.165, 1.54) is 0 Å². The largest absolute Gasteiger partial charge is 0.311 e. The van der Waals surface area contributed by atoms with Gasteiger partial charge in [-0.1, -0.05) is 36.4 Å². The van der Waals surface area contributed by atoms with E-state index in [9.17, 15) is 0 Å². The number of nitrogens with one attached hydrogen (secondary N) is 2. The van der Waals surface area contributed by atoms with E-state index in [1.807, 2.05) is 54.7 Å². The predicted octanol–water partition coefficient (Wildman–Crippen LogP) is 2.20. The molecule has 3 rings (SSSR count). The van der Waals surface area contributed by atoms with Crippen molar-refractivity contribution in [1.82, 2.24) is 25.7 Å². The molecule has 2 heterocycles. The maximum absolute atomic E-state index is 4.30. The lowest BCUT2D eigenvalue weighted by Crippen LogP contribution is -2.17. The zero-order chi connectivity index (χ0) is 14.3. The summed E-state index contributed by atoms with van der Waals surface area (Å²) in [5, 5.41) is 14.5. The highest BCUT2D eigenvalue weighted by Gasteiger charge is 2.09. The first-order chi connectivity index (χ1) is 10.4. The van der Waals surface area contributed by atoms with Crippen LogP contribution in [0.2, 0.25) is 0 Å². The van der Waals surface area contributed by atoms with Crippen molar-refractivity contribution >= 4 is 0 Å². The molecule has 2 aromatic heterocycles. The van der Waals surface area contributed by atoms with Crippen LogP contribution in [-0.4, -0.2) is 26.9 Å². The van der Waals surface area contributed by atoms with Gasteiger partial charge in [0.15, 0.2) is 0 Å². The molecule has 0 aliphatic heterocycles. The van der Waals surface area contributed by atoms with E-state index < -0.39 is 0 Å². The van der Waals surface area contributed by atoms with Gasteiger partial charge in [0, 0.05) is 37.0 Å². The third-order valence-corrected chi connectivity index (χ3v) is 3.24. The molecule has 0 aliphatic carbocycles. The van der Waals surface area contributed by atoms with Gasteiger partial charge in [-0.15, -0.1) is 0 Å². The third-order valence-electron chi connectivity index (χ3n) is 3.24. The molecule has 0 bridgehead atoms. The summed E-state index contributed by atoms with van der Waals surface area (Å²) >= 11 is 0. The van der Waals surface area contributed by atoms with Crippen molar-refractivity contribution < 1.29 is 0 Å². The second-order valence-corrected chi connectivity index (χ2v) is 4.73. The minimum absolute atomic E-state index is 0.688. The van der Waals surface area contributed by atoms with Gasteiger partial charge in [0.05, 0.1) is 0 Å². The average molecular weight is 279 g/mol. The standard InChI is InChI=1S/C16H17N5/c1-2-6-13(7-3-1)16-15(19-21-20-16)12-17-11-9-14-8-4-5-10-18-14/h1-8,10,17H,9,11-12H2,(H,19,20,21). The first-order valence-corrected chi connectivity index (χ1v) is 6.99. The van der Waals surface area contributed by atoms with Gasteiger partial charge in [0.1, 0.15) is 11.4 Å². The van der Waals surface area contributed by atoms with E-state index in [4.69, 9.17) is 0 Å². The Kier molecular flexibility index (Phi) is 4.33. The van der Waals surface area contributed by atoms with E-state index in [0.29, 0.717) is 6.54 Å². The minimum Gasteiger partial charge on any atom is -0.311 e. The van der Waals surface area contributed by atoms with Gasteiger partial charge in [0.25, 0.3) is 0 Å². The summed E-state index contributed by atoms with van der Waals surface area (Å²) < 4.78 is 0. The van der Waals surface area contributed by atoms with Gasteiger partial charge < -0.3 is 5.32 Å². The Hall–Kier alpha value is -2.53. The maximum atomic E-state index is 4.30. The molecular formula is C16H17N5. The molecule has 0 saturated carbocycles. The van der Waals surface area contributed by atoms with Crippen molar-refractivity contribution in [2.75, 3.05) is 6.54 Å². The Labute approximate surface area is 123 Å². The fraction of sp³-hybridized carbons (Fsp3) is 0.188. The summed E-state index contributed by atoms with van der Waals surface area (Å²) in [6, 6.07) is 16.0. The van der Waals surface area contributed by atoms with Crippen LogP contribution in [0.4, 0.5) is 0 Å². The second-order valence-electron chi connectivity index (χ2n) is 4.73. The molecule has 106 valence electrons. The summed E-state index contributed by atoms with van der Waals surface area (Å²) in [5.74, 6) is 0. The zero-order valence-corrected chi connectivity index (χ0v) is 11.7. The summed E-state index contributed by atoms with van der Waals surface area (Å²) in [6.45, 7) is 1.55. The van der Waals surface area contributed by atoms with E-state index >= 15 is 0 Å². The number of aromatic amines is 1. The highest BCUT2D eigenvalue weighted by molar-refractivity contribution is 5.60. The third kappa shape index (κ3) is 3.52. The number of nitrogens with zero attached hydrogens (tertiary/aromatic N) is 3. The number of benzene rings is 1. The molecule has 0 saturated heterocycles. The van der Waals surface area contributed by atoms with E-state index in [-0.39, 0.29) is 0 Å². The van der Waals surface area contributed by atoms with Crippen molar-refractivity contribution in [3.8, 4) is 11.3 Å². The lowest BCUT2D eigenvalue weighted by Gasteiger charge is -2.04. The van der Waals surface area contributed by atoms with Crippen molar-refractivity contribution in [3.05, 3.63) is 66.1 Å². The summed E-state index contributed by atoms with van der Waals surface area (Å²) in [7, 11) is 0. The molecule has 0 radical (unpaired) electrons. The molecule has 5 nitrogen and oxygen atoms in total. The lowest BCUT2D eigenvalue weighted by atomic mass is 10.1. The number of H-pyrrole nitrogens is 1. The quantitative estimate of drug-likeness (QED) is 0.679.